The summed E-state index contributed by atoms with van der Waals surface area (Å²) in [5.74, 6) is 0.987. The van der Waals surface area contributed by atoms with Gasteiger partial charge in [-0.2, -0.15) is 0 Å². The SMILES string of the molecule is NCCn1cccc1-c1ccc(-c2nc3ccccc3c(=O)n2-c2ccc(Cl)cn2)cc1. The van der Waals surface area contributed by atoms with Gasteiger partial charge in [-0.3, -0.25) is 4.79 Å². The van der Waals surface area contributed by atoms with E-state index in [-0.39, 0.29) is 5.56 Å². The molecule has 3 aromatic heterocycles. The summed E-state index contributed by atoms with van der Waals surface area (Å²) < 4.78 is 3.65. The first kappa shape index (κ1) is 20.2. The fourth-order valence-electron chi connectivity index (χ4n) is 3.84. The van der Waals surface area contributed by atoms with Crippen LogP contribution in [0.4, 0.5) is 0 Å². The lowest BCUT2D eigenvalue weighted by atomic mass is 10.1. The number of nitrogens with zero attached hydrogens (tertiary/aromatic N) is 4. The van der Waals surface area contributed by atoms with Gasteiger partial charge in [0.15, 0.2) is 0 Å². The molecule has 0 amide bonds. The summed E-state index contributed by atoms with van der Waals surface area (Å²) in [6, 6.07) is 22.8. The van der Waals surface area contributed by atoms with Crippen LogP contribution in [-0.2, 0) is 6.54 Å². The third-order valence-corrected chi connectivity index (χ3v) is 5.58. The number of pyridine rings is 1. The lowest BCUT2D eigenvalue weighted by Gasteiger charge is -2.14. The Morgan fingerprint density at radius 3 is 2.44 bits per heavy atom. The summed E-state index contributed by atoms with van der Waals surface area (Å²) in [7, 11) is 0. The van der Waals surface area contributed by atoms with Crippen molar-refractivity contribution in [1.82, 2.24) is 19.1 Å². The van der Waals surface area contributed by atoms with Crippen LogP contribution in [0, 0.1) is 0 Å². The zero-order chi connectivity index (χ0) is 22.1. The highest BCUT2D eigenvalue weighted by molar-refractivity contribution is 6.30. The zero-order valence-electron chi connectivity index (χ0n) is 17.1. The number of para-hydroxylation sites is 1. The van der Waals surface area contributed by atoms with E-state index < -0.39 is 0 Å². The van der Waals surface area contributed by atoms with E-state index in [0.29, 0.717) is 34.1 Å². The number of rotatable bonds is 5. The van der Waals surface area contributed by atoms with Gasteiger partial charge in [0, 0.05) is 36.7 Å². The van der Waals surface area contributed by atoms with Crippen molar-refractivity contribution >= 4 is 22.5 Å². The Bertz CT molecular complexity index is 1450. The van der Waals surface area contributed by atoms with Crippen molar-refractivity contribution in [2.75, 3.05) is 6.54 Å². The molecule has 32 heavy (non-hydrogen) atoms. The van der Waals surface area contributed by atoms with Crippen molar-refractivity contribution in [2.45, 2.75) is 6.54 Å². The van der Waals surface area contributed by atoms with Gasteiger partial charge in [-0.05, 0) is 42.0 Å². The Balaban J connectivity index is 1.68. The standard InChI is InChI=1S/C25H20ClN5O/c26-19-11-12-23(28-16-19)31-24(29-21-5-2-1-4-20(21)25(31)32)18-9-7-17(8-10-18)22-6-3-14-30(22)15-13-27/h1-12,14,16H,13,15,27H2. The predicted molar refractivity (Wildman–Crippen MR) is 128 cm³/mol. The number of hydrogen-bond acceptors (Lipinski definition) is 4. The molecule has 0 saturated heterocycles. The third-order valence-electron chi connectivity index (χ3n) is 5.35. The smallest absolute Gasteiger partial charge is 0.267 e. The van der Waals surface area contributed by atoms with E-state index in [1.807, 2.05) is 54.7 Å². The lowest BCUT2D eigenvalue weighted by Crippen LogP contribution is -2.22. The molecule has 0 saturated carbocycles. The molecule has 0 radical (unpaired) electrons. The lowest BCUT2D eigenvalue weighted by molar-refractivity contribution is 0.720. The van der Waals surface area contributed by atoms with Gasteiger partial charge >= 0.3 is 0 Å². The van der Waals surface area contributed by atoms with Gasteiger partial charge in [-0.1, -0.05) is 48.0 Å². The van der Waals surface area contributed by atoms with Crippen molar-refractivity contribution in [2.24, 2.45) is 5.73 Å². The molecule has 0 atom stereocenters. The second-order valence-corrected chi connectivity index (χ2v) is 7.82. The Morgan fingerprint density at radius 2 is 1.69 bits per heavy atom. The van der Waals surface area contributed by atoms with Crippen LogP contribution in [0.5, 0.6) is 0 Å². The van der Waals surface area contributed by atoms with E-state index in [1.165, 1.54) is 10.8 Å². The van der Waals surface area contributed by atoms with Crippen LogP contribution in [-0.4, -0.2) is 25.6 Å². The summed E-state index contributed by atoms with van der Waals surface area (Å²) in [5.41, 5.74) is 9.15. The fraction of sp³-hybridized carbons (Fsp3) is 0.0800. The molecule has 0 bridgehead atoms. The van der Waals surface area contributed by atoms with Gasteiger partial charge < -0.3 is 10.3 Å². The summed E-state index contributed by atoms with van der Waals surface area (Å²) >= 11 is 6.02. The van der Waals surface area contributed by atoms with Crippen LogP contribution >= 0.6 is 11.6 Å². The second-order valence-electron chi connectivity index (χ2n) is 7.38. The maximum Gasteiger partial charge on any atom is 0.267 e. The molecule has 0 aliphatic carbocycles. The molecule has 158 valence electrons. The topological polar surface area (TPSA) is 78.7 Å². The first-order chi connectivity index (χ1) is 15.7. The molecule has 0 aliphatic rings. The second kappa shape index (κ2) is 8.42. The molecule has 2 aromatic carbocycles. The van der Waals surface area contributed by atoms with E-state index in [9.17, 15) is 4.79 Å². The average molecular weight is 442 g/mol. The van der Waals surface area contributed by atoms with Crippen LogP contribution in [0.25, 0.3) is 39.4 Å². The summed E-state index contributed by atoms with van der Waals surface area (Å²) in [6.07, 6.45) is 3.54. The summed E-state index contributed by atoms with van der Waals surface area (Å²) in [6.45, 7) is 1.32. The number of benzene rings is 2. The van der Waals surface area contributed by atoms with E-state index in [4.69, 9.17) is 22.3 Å². The highest BCUT2D eigenvalue weighted by Gasteiger charge is 2.15. The van der Waals surface area contributed by atoms with Gasteiger partial charge in [0.2, 0.25) is 0 Å². The average Bonchev–Trinajstić information content (AvgIpc) is 3.28. The maximum absolute atomic E-state index is 13.4. The third kappa shape index (κ3) is 3.60. The van der Waals surface area contributed by atoms with E-state index in [2.05, 4.69) is 15.6 Å². The normalized spacial score (nSPS) is 11.2. The highest BCUT2D eigenvalue weighted by Crippen LogP contribution is 2.26. The maximum atomic E-state index is 13.4. The van der Waals surface area contributed by atoms with E-state index in [1.54, 1.807) is 18.2 Å². The van der Waals surface area contributed by atoms with Gasteiger partial charge in [0.1, 0.15) is 11.6 Å². The van der Waals surface area contributed by atoms with Crippen molar-refractivity contribution in [3.05, 3.63) is 101 Å². The number of aromatic nitrogens is 4. The van der Waals surface area contributed by atoms with Crippen LogP contribution in [0.2, 0.25) is 5.02 Å². The van der Waals surface area contributed by atoms with Crippen LogP contribution < -0.4 is 11.3 Å². The molecule has 5 rings (SSSR count). The first-order valence-electron chi connectivity index (χ1n) is 10.3. The Morgan fingerprint density at radius 1 is 0.906 bits per heavy atom. The molecule has 0 aliphatic heterocycles. The number of halogens is 1. The Hall–Kier alpha value is -3.74. The van der Waals surface area contributed by atoms with E-state index >= 15 is 0 Å². The zero-order valence-corrected chi connectivity index (χ0v) is 17.9. The van der Waals surface area contributed by atoms with Gasteiger partial charge in [-0.25, -0.2) is 14.5 Å². The Labute approximate surface area is 189 Å². The highest BCUT2D eigenvalue weighted by atomic mass is 35.5. The first-order valence-corrected chi connectivity index (χ1v) is 10.6. The van der Waals surface area contributed by atoms with Gasteiger partial charge in [0.25, 0.3) is 5.56 Å². The predicted octanol–water partition coefficient (Wildman–Crippen LogP) is 4.53. The molecule has 0 unspecified atom stereocenters. The minimum Gasteiger partial charge on any atom is -0.346 e. The van der Waals surface area contributed by atoms with Crippen molar-refractivity contribution < 1.29 is 0 Å². The molecule has 6 nitrogen and oxygen atoms in total. The minimum absolute atomic E-state index is 0.179. The Kier molecular flexibility index (Phi) is 5.31. The summed E-state index contributed by atoms with van der Waals surface area (Å²) in [4.78, 5) is 22.6. The van der Waals surface area contributed by atoms with Crippen molar-refractivity contribution in [3.63, 3.8) is 0 Å². The number of hydrogen-bond donors (Lipinski definition) is 1. The molecule has 5 aromatic rings. The molecule has 0 fully saturated rings. The quantitative estimate of drug-likeness (QED) is 0.434. The molecule has 0 spiro atoms. The van der Waals surface area contributed by atoms with Crippen molar-refractivity contribution in [3.8, 4) is 28.5 Å². The van der Waals surface area contributed by atoms with Gasteiger partial charge in [-0.15, -0.1) is 0 Å². The fourth-order valence-corrected chi connectivity index (χ4v) is 3.95. The van der Waals surface area contributed by atoms with Crippen LogP contribution in [0.3, 0.4) is 0 Å². The van der Waals surface area contributed by atoms with Crippen LogP contribution in [0.1, 0.15) is 0 Å². The van der Waals surface area contributed by atoms with E-state index in [0.717, 1.165) is 23.4 Å². The molecular weight excluding hydrogens is 422 g/mol. The van der Waals surface area contributed by atoms with Crippen molar-refractivity contribution in [1.29, 1.82) is 0 Å². The largest absolute Gasteiger partial charge is 0.346 e. The number of nitrogens with two attached hydrogens (primary N) is 1. The molecular formula is C25H20ClN5O. The number of fused-ring (bicyclic) bond motifs is 1. The summed E-state index contributed by atoms with van der Waals surface area (Å²) in [5, 5.41) is 1.03. The monoisotopic (exact) mass is 441 g/mol. The van der Waals surface area contributed by atoms with Crippen LogP contribution in [0.15, 0.2) is 90.0 Å². The van der Waals surface area contributed by atoms with Gasteiger partial charge in [0.05, 0.1) is 15.9 Å². The molecule has 3 heterocycles. The minimum atomic E-state index is -0.179. The molecule has 7 heteroatoms. The molecule has 2 N–H and O–H groups in total.